The maximum Gasteiger partial charge on any atom is 0.0619 e. The van der Waals surface area contributed by atoms with E-state index >= 15 is 0 Å². The maximum absolute atomic E-state index is 5.61. The zero-order chi connectivity index (χ0) is 13.6. The van der Waals surface area contributed by atoms with E-state index in [9.17, 15) is 0 Å². The molecule has 0 aromatic rings. The van der Waals surface area contributed by atoms with Gasteiger partial charge in [-0.05, 0) is 33.1 Å². The molecule has 1 aliphatic heterocycles. The molecule has 3 heteroatoms. The smallest absolute Gasteiger partial charge is 0.0619 e. The van der Waals surface area contributed by atoms with Crippen LogP contribution in [0.2, 0.25) is 0 Å². The van der Waals surface area contributed by atoms with Crippen molar-refractivity contribution in [3.63, 3.8) is 0 Å². The topological polar surface area (TPSA) is 24.5 Å². The monoisotopic (exact) mass is 256 g/mol. The van der Waals surface area contributed by atoms with Crippen LogP contribution in [0.1, 0.15) is 53.9 Å². The van der Waals surface area contributed by atoms with Crippen molar-refractivity contribution in [2.24, 2.45) is 0 Å². The third-order valence-corrected chi connectivity index (χ3v) is 4.62. The van der Waals surface area contributed by atoms with Crippen molar-refractivity contribution in [1.29, 1.82) is 0 Å². The highest BCUT2D eigenvalue weighted by molar-refractivity contribution is 4.97. The Hall–Kier alpha value is -0.120. The van der Waals surface area contributed by atoms with E-state index in [0.717, 1.165) is 26.3 Å². The first kappa shape index (κ1) is 15.9. The van der Waals surface area contributed by atoms with Gasteiger partial charge in [0, 0.05) is 37.3 Å². The highest BCUT2D eigenvalue weighted by Gasteiger charge is 2.37. The van der Waals surface area contributed by atoms with Gasteiger partial charge in [0.2, 0.25) is 0 Å². The van der Waals surface area contributed by atoms with Gasteiger partial charge in [-0.25, -0.2) is 0 Å². The van der Waals surface area contributed by atoms with Crippen LogP contribution in [0.4, 0.5) is 0 Å². The number of ether oxygens (including phenoxy) is 1. The molecule has 1 saturated heterocycles. The Bertz CT molecular complexity index is 229. The SMILES string of the molecule is CCOCC(C)N1CC(CC)(CC)NCC1CC. The van der Waals surface area contributed by atoms with E-state index in [2.05, 4.69) is 44.8 Å². The minimum atomic E-state index is 0.312. The van der Waals surface area contributed by atoms with Gasteiger partial charge < -0.3 is 10.1 Å². The predicted molar refractivity (Wildman–Crippen MR) is 78.1 cm³/mol. The molecular formula is C15H32N2O. The Morgan fingerprint density at radius 3 is 2.44 bits per heavy atom. The average molecular weight is 256 g/mol. The molecule has 1 N–H and O–H groups in total. The maximum atomic E-state index is 5.61. The number of rotatable bonds is 7. The summed E-state index contributed by atoms with van der Waals surface area (Å²) in [5, 5.41) is 3.79. The molecule has 1 heterocycles. The highest BCUT2D eigenvalue weighted by Crippen LogP contribution is 2.25. The lowest BCUT2D eigenvalue weighted by molar-refractivity contribution is 0.00211. The van der Waals surface area contributed by atoms with E-state index in [-0.39, 0.29) is 0 Å². The van der Waals surface area contributed by atoms with Gasteiger partial charge in [-0.3, -0.25) is 4.90 Å². The number of nitrogens with one attached hydrogen (secondary N) is 1. The predicted octanol–water partition coefficient (Wildman–Crippen LogP) is 2.65. The minimum absolute atomic E-state index is 0.312. The summed E-state index contributed by atoms with van der Waals surface area (Å²) >= 11 is 0. The number of hydrogen-bond donors (Lipinski definition) is 1. The summed E-state index contributed by atoms with van der Waals surface area (Å²) in [6.45, 7) is 15.2. The number of nitrogens with zero attached hydrogens (tertiary/aromatic N) is 1. The zero-order valence-corrected chi connectivity index (χ0v) is 13.0. The molecule has 0 amide bonds. The van der Waals surface area contributed by atoms with Gasteiger partial charge in [0.25, 0.3) is 0 Å². The fourth-order valence-corrected chi connectivity index (χ4v) is 2.99. The van der Waals surface area contributed by atoms with Gasteiger partial charge in [-0.2, -0.15) is 0 Å². The lowest BCUT2D eigenvalue weighted by Crippen LogP contribution is -2.65. The van der Waals surface area contributed by atoms with Crippen molar-refractivity contribution in [1.82, 2.24) is 10.2 Å². The van der Waals surface area contributed by atoms with Gasteiger partial charge in [-0.15, -0.1) is 0 Å². The molecule has 1 aliphatic rings. The van der Waals surface area contributed by atoms with E-state index in [4.69, 9.17) is 4.74 Å². The normalized spacial score (nSPS) is 26.2. The first-order chi connectivity index (χ1) is 8.62. The molecule has 0 aromatic carbocycles. The van der Waals surface area contributed by atoms with Gasteiger partial charge in [0.15, 0.2) is 0 Å². The third-order valence-electron chi connectivity index (χ3n) is 4.62. The lowest BCUT2D eigenvalue weighted by atomic mass is 9.87. The van der Waals surface area contributed by atoms with Crippen LogP contribution < -0.4 is 5.32 Å². The molecule has 2 atom stereocenters. The third kappa shape index (κ3) is 3.69. The summed E-state index contributed by atoms with van der Waals surface area (Å²) in [4.78, 5) is 2.67. The Kier molecular flexibility index (Phi) is 6.61. The molecule has 0 radical (unpaired) electrons. The standard InChI is InChI=1S/C15H32N2O/c1-6-14-10-16-15(7-2,8-3)12-17(14)13(5)11-18-9-4/h13-14,16H,6-12H2,1-5H3. The van der Waals surface area contributed by atoms with Crippen LogP contribution in [0.3, 0.4) is 0 Å². The molecule has 3 nitrogen and oxygen atoms in total. The Balaban J connectivity index is 2.69. The zero-order valence-electron chi connectivity index (χ0n) is 13.0. The minimum Gasteiger partial charge on any atom is -0.380 e. The quantitative estimate of drug-likeness (QED) is 0.758. The van der Waals surface area contributed by atoms with Crippen molar-refractivity contribution < 1.29 is 4.74 Å². The second-order valence-electron chi connectivity index (χ2n) is 5.61. The van der Waals surface area contributed by atoms with Gasteiger partial charge in [-0.1, -0.05) is 20.8 Å². The first-order valence-corrected chi connectivity index (χ1v) is 7.70. The first-order valence-electron chi connectivity index (χ1n) is 7.70. The van der Waals surface area contributed by atoms with Crippen LogP contribution >= 0.6 is 0 Å². The molecule has 0 aromatic heterocycles. The number of hydrogen-bond acceptors (Lipinski definition) is 3. The molecule has 18 heavy (non-hydrogen) atoms. The molecule has 0 saturated carbocycles. The lowest BCUT2D eigenvalue weighted by Gasteiger charge is -2.49. The van der Waals surface area contributed by atoms with Crippen molar-refractivity contribution >= 4 is 0 Å². The Labute approximate surface area is 113 Å². The molecule has 1 rings (SSSR count). The summed E-state index contributed by atoms with van der Waals surface area (Å²) < 4.78 is 5.61. The fraction of sp³-hybridized carbons (Fsp3) is 1.00. The average Bonchev–Trinajstić information content (AvgIpc) is 2.43. The van der Waals surface area contributed by atoms with Crippen LogP contribution in [-0.2, 0) is 4.74 Å². The van der Waals surface area contributed by atoms with Crippen LogP contribution in [-0.4, -0.2) is 48.8 Å². The molecule has 0 spiro atoms. The molecule has 0 bridgehead atoms. The second-order valence-corrected chi connectivity index (χ2v) is 5.61. The van der Waals surface area contributed by atoms with E-state index < -0.39 is 0 Å². The fourth-order valence-electron chi connectivity index (χ4n) is 2.99. The molecule has 0 aliphatic carbocycles. The summed E-state index contributed by atoms with van der Waals surface area (Å²) in [5.41, 5.74) is 0.312. The molecule has 2 unspecified atom stereocenters. The molecular weight excluding hydrogens is 224 g/mol. The van der Waals surface area contributed by atoms with E-state index in [1.54, 1.807) is 0 Å². The van der Waals surface area contributed by atoms with Crippen molar-refractivity contribution in [2.45, 2.75) is 71.5 Å². The number of piperazine rings is 1. The summed E-state index contributed by atoms with van der Waals surface area (Å²) in [5.74, 6) is 0. The van der Waals surface area contributed by atoms with Crippen LogP contribution in [0.25, 0.3) is 0 Å². The van der Waals surface area contributed by atoms with E-state index in [1.165, 1.54) is 19.3 Å². The van der Waals surface area contributed by atoms with Gasteiger partial charge in [0.1, 0.15) is 0 Å². The summed E-state index contributed by atoms with van der Waals surface area (Å²) in [7, 11) is 0. The van der Waals surface area contributed by atoms with Gasteiger partial charge >= 0.3 is 0 Å². The Morgan fingerprint density at radius 1 is 1.28 bits per heavy atom. The van der Waals surface area contributed by atoms with Crippen LogP contribution in [0.15, 0.2) is 0 Å². The summed E-state index contributed by atoms with van der Waals surface area (Å²) in [6, 6.07) is 1.18. The van der Waals surface area contributed by atoms with Crippen molar-refractivity contribution in [3.05, 3.63) is 0 Å². The Morgan fingerprint density at radius 2 is 1.94 bits per heavy atom. The largest absolute Gasteiger partial charge is 0.380 e. The van der Waals surface area contributed by atoms with Crippen molar-refractivity contribution in [2.75, 3.05) is 26.3 Å². The van der Waals surface area contributed by atoms with E-state index in [0.29, 0.717) is 17.6 Å². The molecule has 1 fully saturated rings. The van der Waals surface area contributed by atoms with Gasteiger partial charge in [0.05, 0.1) is 6.61 Å². The highest BCUT2D eigenvalue weighted by atomic mass is 16.5. The second kappa shape index (κ2) is 7.46. The van der Waals surface area contributed by atoms with E-state index in [1.807, 2.05) is 0 Å². The van der Waals surface area contributed by atoms with Crippen molar-refractivity contribution in [3.8, 4) is 0 Å². The molecule has 108 valence electrons. The van der Waals surface area contributed by atoms with Crippen LogP contribution in [0.5, 0.6) is 0 Å². The van der Waals surface area contributed by atoms with Crippen LogP contribution in [0, 0.1) is 0 Å². The summed E-state index contributed by atoms with van der Waals surface area (Å²) in [6.07, 6.45) is 3.63.